The highest BCUT2D eigenvalue weighted by Gasteiger charge is 2.17. The van der Waals surface area contributed by atoms with Gasteiger partial charge in [-0.25, -0.2) is 4.79 Å². The van der Waals surface area contributed by atoms with Crippen molar-refractivity contribution in [1.82, 2.24) is 14.8 Å². The summed E-state index contributed by atoms with van der Waals surface area (Å²) < 4.78 is 6.64. The van der Waals surface area contributed by atoms with E-state index >= 15 is 0 Å². The molecule has 0 aliphatic rings. The van der Waals surface area contributed by atoms with Crippen molar-refractivity contribution in [3.63, 3.8) is 0 Å². The van der Waals surface area contributed by atoms with E-state index in [4.69, 9.17) is 27.9 Å². The summed E-state index contributed by atoms with van der Waals surface area (Å²) >= 11 is 13.4. The molecule has 1 N–H and O–H groups in total. The molecular formula is C25H20Cl2N4O3S. The minimum Gasteiger partial charge on any atom is -0.465 e. The lowest BCUT2D eigenvalue weighted by molar-refractivity contribution is -0.113. The van der Waals surface area contributed by atoms with Gasteiger partial charge < -0.3 is 10.1 Å². The summed E-state index contributed by atoms with van der Waals surface area (Å²) in [4.78, 5) is 24.5. The number of thioether (sulfide) groups is 1. The zero-order valence-corrected chi connectivity index (χ0v) is 20.9. The minimum atomic E-state index is -0.581. The van der Waals surface area contributed by atoms with Crippen LogP contribution in [0.25, 0.3) is 5.69 Å². The molecule has 0 spiro atoms. The van der Waals surface area contributed by atoms with Gasteiger partial charge in [0.25, 0.3) is 0 Å². The third-order valence-electron chi connectivity index (χ3n) is 4.98. The number of hydrogen-bond acceptors (Lipinski definition) is 6. The smallest absolute Gasteiger partial charge is 0.339 e. The molecule has 0 fully saturated rings. The van der Waals surface area contributed by atoms with Crippen molar-refractivity contribution in [2.45, 2.75) is 11.6 Å². The van der Waals surface area contributed by atoms with Crippen molar-refractivity contribution in [3.8, 4) is 5.69 Å². The van der Waals surface area contributed by atoms with Crippen molar-refractivity contribution in [3.05, 3.63) is 99.8 Å². The second kappa shape index (κ2) is 11.4. The molecule has 4 rings (SSSR count). The predicted octanol–water partition coefficient (Wildman–Crippen LogP) is 5.68. The Morgan fingerprint density at radius 1 is 1.00 bits per heavy atom. The second-order valence-electron chi connectivity index (χ2n) is 7.40. The maximum atomic E-state index is 12.7. The van der Waals surface area contributed by atoms with Gasteiger partial charge in [-0.1, -0.05) is 65.3 Å². The number of esters is 1. The monoisotopic (exact) mass is 526 g/mol. The van der Waals surface area contributed by atoms with Crippen molar-refractivity contribution in [2.75, 3.05) is 18.2 Å². The first kappa shape index (κ1) is 24.8. The molecule has 1 amide bonds. The molecular weight excluding hydrogens is 507 g/mol. The quantitative estimate of drug-likeness (QED) is 0.234. The van der Waals surface area contributed by atoms with Crippen LogP contribution in [0.15, 0.2) is 78.0 Å². The van der Waals surface area contributed by atoms with E-state index < -0.39 is 5.97 Å². The van der Waals surface area contributed by atoms with Crippen molar-refractivity contribution < 1.29 is 14.3 Å². The van der Waals surface area contributed by atoms with E-state index in [1.165, 1.54) is 31.0 Å². The fourth-order valence-electron chi connectivity index (χ4n) is 3.33. The number of nitrogens with one attached hydrogen (secondary N) is 1. The van der Waals surface area contributed by atoms with E-state index in [0.717, 1.165) is 17.1 Å². The Kier molecular flexibility index (Phi) is 8.07. The van der Waals surface area contributed by atoms with E-state index in [1.807, 2.05) is 47.0 Å². The summed E-state index contributed by atoms with van der Waals surface area (Å²) in [5.41, 5.74) is 2.54. The fraction of sp³-hybridized carbons (Fsp3) is 0.120. The third kappa shape index (κ3) is 6.22. The van der Waals surface area contributed by atoms with E-state index in [-0.39, 0.29) is 22.2 Å². The van der Waals surface area contributed by atoms with Gasteiger partial charge in [0.1, 0.15) is 5.82 Å². The first-order valence-electron chi connectivity index (χ1n) is 10.5. The van der Waals surface area contributed by atoms with Gasteiger partial charge in [0.15, 0.2) is 5.16 Å². The summed E-state index contributed by atoms with van der Waals surface area (Å²) in [6.07, 6.45) is 0.574. The Hall–Kier alpha value is -3.33. The molecule has 35 heavy (non-hydrogen) atoms. The SMILES string of the molecule is COC(=O)c1cc(NC(=O)CSc2nnc(Cc3ccccc3)n2-c2ccc(Cl)cc2)ccc1Cl. The van der Waals surface area contributed by atoms with Gasteiger partial charge in [0.2, 0.25) is 5.91 Å². The number of carbonyl (C=O) groups is 2. The Morgan fingerprint density at radius 2 is 1.74 bits per heavy atom. The van der Waals surface area contributed by atoms with Crippen LogP contribution in [0.5, 0.6) is 0 Å². The third-order valence-corrected chi connectivity index (χ3v) is 6.49. The Morgan fingerprint density at radius 3 is 2.46 bits per heavy atom. The van der Waals surface area contributed by atoms with Crippen molar-refractivity contribution in [2.24, 2.45) is 0 Å². The zero-order valence-electron chi connectivity index (χ0n) is 18.6. The Bertz CT molecular complexity index is 1340. The van der Waals surface area contributed by atoms with Crippen LogP contribution in [-0.4, -0.2) is 39.5 Å². The number of methoxy groups -OCH3 is 1. The van der Waals surface area contributed by atoms with Crippen LogP contribution in [0.4, 0.5) is 5.69 Å². The number of rotatable bonds is 8. The van der Waals surface area contributed by atoms with Gasteiger partial charge >= 0.3 is 5.97 Å². The van der Waals surface area contributed by atoms with Gasteiger partial charge in [-0.05, 0) is 48.0 Å². The molecule has 1 heterocycles. The van der Waals surface area contributed by atoms with Gasteiger partial charge in [-0.2, -0.15) is 0 Å². The average Bonchev–Trinajstić information content (AvgIpc) is 3.26. The Labute approximate surface area is 216 Å². The average molecular weight is 527 g/mol. The number of hydrogen-bond donors (Lipinski definition) is 1. The number of carbonyl (C=O) groups excluding carboxylic acids is 2. The first-order chi connectivity index (χ1) is 16.9. The molecule has 10 heteroatoms. The fourth-order valence-corrected chi connectivity index (χ4v) is 4.42. The van der Waals surface area contributed by atoms with Crippen LogP contribution in [0.3, 0.4) is 0 Å². The lowest BCUT2D eigenvalue weighted by atomic mass is 10.1. The summed E-state index contributed by atoms with van der Waals surface area (Å²) in [7, 11) is 1.27. The van der Waals surface area contributed by atoms with Crippen LogP contribution in [0.2, 0.25) is 10.0 Å². The highest BCUT2D eigenvalue weighted by atomic mass is 35.5. The molecule has 7 nitrogen and oxygen atoms in total. The maximum Gasteiger partial charge on any atom is 0.339 e. The number of benzene rings is 3. The van der Waals surface area contributed by atoms with Crippen LogP contribution < -0.4 is 5.32 Å². The van der Waals surface area contributed by atoms with Crippen LogP contribution >= 0.6 is 35.0 Å². The van der Waals surface area contributed by atoms with Crippen LogP contribution in [-0.2, 0) is 16.0 Å². The van der Waals surface area contributed by atoms with E-state index in [0.29, 0.717) is 22.3 Å². The molecule has 0 aliphatic heterocycles. The number of ether oxygens (including phenoxy) is 1. The van der Waals surface area contributed by atoms with Crippen LogP contribution in [0.1, 0.15) is 21.7 Å². The number of nitrogens with zero attached hydrogens (tertiary/aromatic N) is 3. The molecule has 4 aromatic rings. The largest absolute Gasteiger partial charge is 0.465 e. The second-order valence-corrected chi connectivity index (χ2v) is 9.18. The summed E-state index contributed by atoms with van der Waals surface area (Å²) in [6, 6.07) is 21.9. The number of halogens is 2. The normalized spacial score (nSPS) is 10.7. The van der Waals surface area contributed by atoms with Crippen LogP contribution in [0, 0.1) is 0 Å². The lowest BCUT2D eigenvalue weighted by Gasteiger charge is -2.11. The topological polar surface area (TPSA) is 86.1 Å². The minimum absolute atomic E-state index is 0.0766. The molecule has 0 unspecified atom stereocenters. The Balaban J connectivity index is 1.52. The molecule has 1 aromatic heterocycles. The summed E-state index contributed by atoms with van der Waals surface area (Å²) in [5, 5.41) is 12.9. The molecule has 0 atom stereocenters. The summed E-state index contributed by atoms with van der Waals surface area (Å²) in [6.45, 7) is 0. The lowest BCUT2D eigenvalue weighted by Crippen LogP contribution is -2.15. The molecule has 0 bridgehead atoms. The maximum absolute atomic E-state index is 12.7. The molecule has 3 aromatic carbocycles. The number of anilines is 1. The van der Waals surface area contributed by atoms with E-state index in [9.17, 15) is 9.59 Å². The zero-order chi connectivity index (χ0) is 24.8. The van der Waals surface area contributed by atoms with Gasteiger partial charge in [-0.15, -0.1) is 10.2 Å². The standard InChI is InChI=1S/C25H20Cl2N4O3S/c1-34-24(33)20-14-18(9-12-21(20)27)28-23(32)15-35-25-30-29-22(13-16-5-3-2-4-6-16)31(25)19-10-7-17(26)8-11-19/h2-12,14H,13,15H2,1H3,(H,28,32). The van der Waals surface area contributed by atoms with Gasteiger partial charge in [0.05, 0.1) is 23.4 Å². The van der Waals surface area contributed by atoms with E-state index in [2.05, 4.69) is 15.5 Å². The highest BCUT2D eigenvalue weighted by molar-refractivity contribution is 7.99. The molecule has 0 radical (unpaired) electrons. The first-order valence-corrected chi connectivity index (χ1v) is 12.2. The number of amides is 1. The molecule has 0 saturated carbocycles. The molecule has 0 saturated heterocycles. The molecule has 0 aliphatic carbocycles. The van der Waals surface area contributed by atoms with Crippen molar-refractivity contribution in [1.29, 1.82) is 0 Å². The highest BCUT2D eigenvalue weighted by Crippen LogP contribution is 2.26. The van der Waals surface area contributed by atoms with Gasteiger partial charge in [0, 0.05) is 22.8 Å². The number of aromatic nitrogens is 3. The van der Waals surface area contributed by atoms with E-state index in [1.54, 1.807) is 18.2 Å². The summed E-state index contributed by atoms with van der Waals surface area (Å²) in [5.74, 6) is -0.0412. The predicted molar refractivity (Wildman–Crippen MR) is 138 cm³/mol. The van der Waals surface area contributed by atoms with Crippen molar-refractivity contribution >= 4 is 52.5 Å². The van der Waals surface area contributed by atoms with Gasteiger partial charge in [-0.3, -0.25) is 9.36 Å². The molecule has 178 valence electrons.